The predicted octanol–water partition coefficient (Wildman–Crippen LogP) is -3.82. The van der Waals surface area contributed by atoms with Crippen molar-refractivity contribution in [2.75, 3.05) is 6.61 Å². The van der Waals surface area contributed by atoms with Crippen LogP contribution in [-0.4, -0.2) is 6.61 Å². The van der Waals surface area contributed by atoms with E-state index in [1.54, 1.807) is 0 Å². The maximum absolute atomic E-state index is 4.29. The highest BCUT2D eigenvalue weighted by Crippen LogP contribution is 1.42. The van der Waals surface area contributed by atoms with Crippen LogP contribution in [0.3, 0.4) is 0 Å². The lowest BCUT2D eigenvalue weighted by Crippen LogP contribution is -3.00. The van der Waals surface area contributed by atoms with E-state index >= 15 is 0 Å². The first-order chi connectivity index (χ1) is 1.91. The first-order valence-electron chi connectivity index (χ1n) is 1.28. The quantitative estimate of drug-likeness (QED) is 0.335. The van der Waals surface area contributed by atoms with E-state index in [9.17, 15) is 0 Å². The summed E-state index contributed by atoms with van der Waals surface area (Å²) in [5.74, 6) is 3.10. The van der Waals surface area contributed by atoms with Crippen LogP contribution in [0.4, 0.5) is 0 Å². The molecule has 0 bridgehead atoms. The Bertz CT molecular complexity index is 11.6. The minimum Gasteiger partial charge on any atom is -1.00 e. The van der Waals surface area contributed by atoms with Crippen LogP contribution in [0.1, 0.15) is 6.92 Å². The molecule has 0 saturated carbocycles. The monoisotopic (exact) mass is 97.0 g/mol. The fraction of sp³-hybridized carbons (Fsp3) is 1.00. The summed E-state index contributed by atoms with van der Waals surface area (Å²) in [6.07, 6.45) is 0. The van der Waals surface area contributed by atoms with Gasteiger partial charge in [-0.25, -0.2) is 10.7 Å². The van der Waals surface area contributed by atoms with E-state index in [1.807, 2.05) is 6.92 Å². The van der Waals surface area contributed by atoms with Crippen LogP contribution >= 0.6 is 0 Å². The molecule has 0 aromatic heterocycles. The molecular formula is C2H8ClNO. The second kappa shape index (κ2) is 8.88. The SMILES string of the molecule is CCO[NH3+].[Cl-]. The van der Waals surface area contributed by atoms with E-state index in [0.717, 1.165) is 0 Å². The van der Waals surface area contributed by atoms with Crippen molar-refractivity contribution in [1.29, 1.82) is 0 Å². The lowest BCUT2D eigenvalue weighted by Gasteiger charge is -1.70. The highest BCUT2D eigenvalue weighted by molar-refractivity contribution is 3.88. The van der Waals surface area contributed by atoms with Crippen LogP contribution in [0.15, 0.2) is 0 Å². The van der Waals surface area contributed by atoms with Crippen LogP contribution in [-0.2, 0) is 4.84 Å². The minimum absolute atomic E-state index is 0. The van der Waals surface area contributed by atoms with Gasteiger partial charge < -0.3 is 12.4 Å². The van der Waals surface area contributed by atoms with Crippen molar-refractivity contribution in [2.45, 2.75) is 6.92 Å². The molecule has 0 aliphatic heterocycles. The van der Waals surface area contributed by atoms with Crippen molar-refractivity contribution >= 4 is 0 Å². The Balaban J connectivity index is 0. The summed E-state index contributed by atoms with van der Waals surface area (Å²) in [7, 11) is 0. The number of hydrogen-bond acceptors (Lipinski definition) is 1. The molecule has 0 unspecified atom stereocenters. The Morgan fingerprint density at radius 3 is 2.00 bits per heavy atom. The average molecular weight is 97.5 g/mol. The van der Waals surface area contributed by atoms with Gasteiger partial charge in [0.25, 0.3) is 0 Å². The summed E-state index contributed by atoms with van der Waals surface area (Å²) < 4.78 is 0. The lowest BCUT2D eigenvalue weighted by molar-refractivity contribution is -0.688. The van der Waals surface area contributed by atoms with E-state index in [-0.39, 0.29) is 12.4 Å². The van der Waals surface area contributed by atoms with Crippen molar-refractivity contribution in [2.24, 2.45) is 0 Å². The molecule has 2 nitrogen and oxygen atoms in total. The third kappa shape index (κ3) is 14.0. The fourth-order valence-electron chi connectivity index (χ4n) is 0. The highest BCUT2D eigenvalue weighted by Gasteiger charge is 1.56. The molecule has 5 heavy (non-hydrogen) atoms. The molecule has 0 atom stereocenters. The second-order valence-corrected chi connectivity index (χ2v) is 0.493. The van der Waals surface area contributed by atoms with Gasteiger partial charge in [0, 0.05) is 0 Å². The summed E-state index contributed by atoms with van der Waals surface area (Å²) >= 11 is 0. The van der Waals surface area contributed by atoms with E-state index in [0.29, 0.717) is 6.61 Å². The van der Waals surface area contributed by atoms with Crippen LogP contribution < -0.4 is 18.3 Å². The fourth-order valence-corrected chi connectivity index (χ4v) is 0. The van der Waals surface area contributed by atoms with Gasteiger partial charge in [-0.2, -0.15) is 0 Å². The summed E-state index contributed by atoms with van der Waals surface area (Å²) in [6.45, 7) is 2.60. The Morgan fingerprint density at radius 2 is 2.00 bits per heavy atom. The number of quaternary nitrogens is 1. The van der Waals surface area contributed by atoms with Gasteiger partial charge in [-0.15, -0.1) is 0 Å². The summed E-state index contributed by atoms with van der Waals surface area (Å²) in [6, 6.07) is 0. The molecule has 0 rings (SSSR count). The topological polar surface area (TPSA) is 36.9 Å². The smallest absolute Gasteiger partial charge is 0.103 e. The molecule has 3 N–H and O–H groups in total. The number of hydrogen-bond donors (Lipinski definition) is 1. The minimum atomic E-state index is 0. The predicted molar refractivity (Wildman–Crippen MR) is 14.5 cm³/mol. The molecule has 0 aromatic rings. The van der Waals surface area contributed by atoms with Gasteiger partial charge in [-0.1, -0.05) is 0 Å². The molecule has 0 aliphatic rings. The van der Waals surface area contributed by atoms with E-state index in [1.165, 1.54) is 0 Å². The molecule has 0 saturated heterocycles. The van der Waals surface area contributed by atoms with Crippen molar-refractivity contribution in [1.82, 2.24) is 0 Å². The zero-order chi connectivity index (χ0) is 3.41. The maximum Gasteiger partial charge on any atom is 0.103 e. The second-order valence-electron chi connectivity index (χ2n) is 0.493. The lowest BCUT2D eigenvalue weighted by atomic mass is 10.9. The van der Waals surface area contributed by atoms with Crippen molar-refractivity contribution in [3.63, 3.8) is 0 Å². The van der Waals surface area contributed by atoms with Crippen molar-refractivity contribution < 1.29 is 23.1 Å². The highest BCUT2D eigenvalue weighted by atomic mass is 35.5. The zero-order valence-electron chi connectivity index (χ0n) is 3.20. The molecular weight excluding hydrogens is 89.5 g/mol. The summed E-state index contributed by atoms with van der Waals surface area (Å²) in [4.78, 5) is 4.29. The van der Waals surface area contributed by atoms with E-state index < -0.39 is 0 Å². The Morgan fingerprint density at radius 1 is 1.80 bits per heavy atom. The maximum atomic E-state index is 4.29. The van der Waals surface area contributed by atoms with Crippen LogP contribution in [0.25, 0.3) is 0 Å². The standard InChI is InChI=1S/C2H8NO.ClH/c1-2-4-3;/h2H2,1,3H3;1H/q+1;/p-1. The van der Waals surface area contributed by atoms with Gasteiger partial charge in [0.15, 0.2) is 0 Å². The number of halogens is 1. The molecule has 3 heteroatoms. The third-order valence-corrected chi connectivity index (χ3v) is 0.204. The van der Waals surface area contributed by atoms with Gasteiger partial charge >= 0.3 is 0 Å². The summed E-state index contributed by atoms with van der Waals surface area (Å²) in [5, 5.41) is 0. The first kappa shape index (κ1) is 8.96. The first-order valence-corrected chi connectivity index (χ1v) is 1.28. The van der Waals surface area contributed by atoms with Gasteiger partial charge in [0.1, 0.15) is 6.61 Å². The van der Waals surface area contributed by atoms with E-state index in [4.69, 9.17) is 0 Å². The van der Waals surface area contributed by atoms with Crippen molar-refractivity contribution in [3.8, 4) is 0 Å². The summed E-state index contributed by atoms with van der Waals surface area (Å²) in [5.41, 5.74) is 0. The van der Waals surface area contributed by atoms with Gasteiger partial charge in [-0.05, 0) is 6.92 Å². The molecule has 0 radical (unpaired) electrons. The van der Waals surface area contributed by atoms with Crippen molar-refractivity contribution in [3.05, 3.63) is 0 Å². The average Bonchev–Trinajstić information content (AvgIpc) is 1.37. The van der Waals surface area contributed by atoms with Gasteiger partial charge in [0.05, 0.1) is 0 Å². The Labute approximate surface area is 37.7 Å². The van der Waals surface area contributed by atoms with Crippen LogP contribution in [0, 0.1) is 0 Å². The largest absolute Gasteiger partial charge is 1.00 e. The molecule has 0 aliphatic carbocycles. The molecule has 0 fully saturated rings. The molecule has 0 aromatic carbocycles. The Hall–Kier alpha value is 0.210. The molecule has 34 valence electrons. The normalized spacial score (nSPS) is 6.00. The van der Waals surface area contributed by atoms with Gasteiger partial charge in [-0.3, -0.25) is 0 Å². The molecule has 0 spiro atoms. The van der Waals surface area contributed by atoms with Crippen LogP contribution in [0.5, 0.6) is 0 Å². The zero-order valence-corrected chi connectivity index (χ0v) is 3.96. The third-order valence-electron chi connectivity index (χ3n) is 0.204. The van der Waals surface area contributed by atoms with Crippen LogP contribution in [0.2, 0.25) is 0 Å². The molecule has 0 amide bonds. The van der Waals surface area contributed by atoms with Gasteiger partial charge in [0.2, 0.25) is 0 Å². The van der Waals surface area contributed by atoms with E-state index in [2.05, 4.69) is 10.7 Å². The molecule has 0 heterocycles. The Kier molecular flexibility index (Phi) is 15.9. The number of rotatable bonds is 1.